The van der Waals surface area contributed by atoms with Crippen LogP contribution in [0.4, 0.5) is 0 Å². The summed E-state index contributed by atoms with van der Waals surface area (Å²) in [6, 6.07) is 17.4. The Morgan fingerprint density at radius 3 is 2.31 bits per heavy atom. The molecule has 0 aliphatic carbocycles. The van der Waals surface area contributed by atoms with Crippen molar-refractivity contribution in [3.63, 3.8) is 0 Å². The van der Waals surface area contributed by atoms with Gasteiger partial charge in [0.2, 0.25) is 5.91 Å². The Bertz CT molecular complexity index is 770. The molecule has 0 fully saturated rings. The van der Waals surface area contributed by atoms with Crippen molar-refractivity contribution < 1.29 is 9.59 Å². The van der Waals surface area contributed by atoms with Gasteiger partial charge in [-0.2, -0.15) is 0 Å². The molecule has 4 nitrogen and oxygen atoms in total. The summed E-state index contributed by atoms with van der Waals surface area (Å²) in [6.07, 6.45) is 2.63. The second kappa shape index (κ2) is 9.92. The number of rotatable bonds is 7. The van der Waals surface area contributed by atoms with Crippen LogP contribution in [0.2, 0.25) is 0 Å². The molecular formula is C21H23BrN2O2. The molecule has 0 spiro atoms. The smallest absolute Gasteiger partial charge is 0.268 e. The largest absolute Gasteiger partial charge is 0.344 e. The standard InChI is InChI=1S/C21H23BrN2O2/c1-15(19-10-8-17(9-11-19)12-13-22)23-21(26)20(24-16(2)25)14-18-6-4-3-5-7-18/h3-11,14-15H,12-13H2,1-2H3,(H,23,26)(H,24,25). The molecule has 26 heavy (non-hydrogen) atoms. The fraction of sp³-hybridized carbons (Fsp3) is 0.238. The first-order valence-electron chi connectivity index (χ1n) is 8.49. The molecule has 5 heteroatoms. The summed E-state index contributed by atoms with van der Waals surface area (Å²) in [6.45, 7) is 3.31. The lowest BCUT2D eigenvalue weighted by Gasteiger charge is -2.16. The third kappa shape index (κ3) is 6.15. The van der Waals surface area contributed by atoms with E-state index in [1.165, 1.54) is 12.5 Å². The molecule has 0 aliphatic rings. The van der Waals surface area contributed by atoms with Crippen LogP contribution in [-0.4, -0.2) is 17.1 Å². The lowest BCUT2D eigenvalue weighted by atomic mass is 10.0. The van der Waals surface area contributed by atoms with Crippen molar-refractivity contribution in [1.29, 1.82) is 0 Å². The Labute approximate surface area is 162 Å². The maximum atomic E-state index is 12.6. The van der Waals surface area contributed by atoms with Gasteiger partial charge in [0.1, 0.15) is 5.70 Å². The van der Waals surface area contributed by atoms with Gasteiger partial charge < -0.3 is 10.6 Å². The second-order valence-corrected chi connectivity index (χ2v) is 6.82. The molecule has 0 saturated carbocycles. The zero-order valence-corrected chi connectivity index (χ0v) is 16.5. The Hall–Kier alpha value is -2.40. The molecule has 0 radical (unpaired) electrons. The predicted molar refractivity (Wildman–Crippen MR) is 109 cm³/mol. The van der Waals surface area contributed by atoms with Gasteiger partial charge in [-0.15, -0.1) is 0 Å². The molecule has 136 valence electrons. The zero-order chi connectivity index (χ0) is 18.9. The van der Waals surface area contributed by atoms with Crippen molar-refractivity contribution in [2.75, 3.05) is 5.33 Å². The normalized spacial score (nSPS) is 12.3. The summed E-state index contributed by atoms with van der Waals surface area (Å²) in [5, 5.41) is 6.48. The third-order valence-corrected chi connectivity index (χ3v) is 4.27. The predicted octanol–water partition coefficient (Wildman–Crippen LogP) is 3.98. The van der Waals surface area contributed by atoms with Gasteiger partial charge in [-0.3, -0.25) is 9.59 Å². The lowest BCUT2D eigenvalue weighted by molar-refractivity contribution is -0.122. The molecule has 0 bridgehead atoms. The van der Waals surface area contributed by atoms with Crippen molar-refractivity contribution in [2.24, 2.45) is 0 Å². The van der Waals surface area contributed by atoms with Crippen molar-refractivity contribution in [3.8, 4) is 0 Å². The van der Waals surface area contributed by atoms with Gasteiger partial charge in [-0.1, -0.05) is 70.5 Å². The molecule has 2 N–H and O–H groups in total. The Kier molecular flexibility index (Phi) is 7.60. The van der Waals surface area contributed by atoms with E-state index in [-0.39, 0.29) is 23.6 Å². The highest BCUT2D eigenvalue weighted by Gasteiger charge is 2.15. The maximum absolute atomic E-state index is 12.6. The number of amides is 2. The van der Waals surface area contributed by atoms with Crippen LogP contribution in [0.5, 0.6) is 0 Å². The van der Waals surface area contributed by atoms with Crippen LogP contribution in [0.3, 0.4) is 0 Å². The number of nitrogens with one attached hydrogen (secondary N) is 2. The summed E-state index contributed by atoms with van der Waals surface area (Å²) >= 11 is 3.43. The first-order chi connectivity index (χ1) is 12.5. The molecule has 0 saturated heterocycles. The molecular weight excluding hydrogens is 392 g/mol. The van der Waals surface area contributed by atoms with Crippen LogP contribution in [0.15, 0.2) is 60.3 Å². The molecule has 2 amide bonds. The summed E-state index contributed by atoms with van der Waals surface area (Å²) in [4.78, 5) is 24.1. The van der Waals surface area contributed by atoms with Gasteiger partial charge >= 0.3 is 0 Å². The fourth-order valence-corrected chi connectivity index (χ4v) is 2.96. The number of hydrogen-bond acceptors (Lipinski definition) is 2. The Balaban J connectivity index is 2.12. The van der Waals surface area contributed by atoms with Gasteiger partial charge in [-0.05, 0) is 36.1 Å². The van der Waals surface area contributed by atoms with Crippen LogP contribution in [0.1, 0.15) is 36.6 Å². The lowest BCUT2D eigenvalue weighted by Crippen LogP contribution is -2.35. The van der Waals surface area contributed by atoms with Crippen LogP contribution >= 0.6 is 15.9 Å². The van der Waals surface area contributed by atoms with Crippen LogP contribution < -0.4 is 10.6 Å². The van der Waals surface area contributed by atoms with Gasteiger partial charge in [0.25, 0.3) is 5.91 Å². The number of benzene rings is 2. The average molecular weight is 415 g/mol. The van der Waals surface area contributed by atoms with Gasteiger partial charge in [0.15, 0.2) is 0 Å². The zero-order valence-electron chi connectivity index (χ0n) is 15.0. The maximum Gasteiger partial charge on any atom is 0.268 e. The number of halogens is 1. The highest BCUT2D eigenvalue weighted by molar-refractivity contribution is 9.09. The van der Waals surface area contributed by atoms with E-state index in [0.29, 0.717) is 0 Å². The molecule has 1 unspecified atom stereocenters. The van der Waals surface area contributed by atoms with Gasteiger partial charge in [-0.25, -0.2) is 0 Å². The van der Waals surface area contributed by atoms with Crippen LogP contribution in [0.25, 0.3) is 6.08 Å². The van der Waals surface area contributed by atoms with Gasteiger partial charge in [0.05, 0.1) is 6.04 Å². The van der Waals surface area contributed by atoms with E-state index < -0.39 is 0 Å². The van der Waals surface area contributed by atoms with E-state index in [0.717, 1.165) is 22.9 Å². The Morgan fingerprint density at radius 2 is 1.73 bits per heavy atom. The average Bonchev–Trinajstić information content (AvgIpc) is 2.62. The molecule has 0 aromatic heterocycles. The number of aryl methyl sites for hydroxylation is 1. The third-order valence-electron chi connectivity index (χ3n) is 3.88. The SMILES string of the molecule is CC(=O)NC(=Cc1ccccc1)C(=O)NC(C)c1ccc(CCBr)cc1. The fourth-order valence-electron chi connectivity index (χ4n) is 2.50. The molecule has 0 heterocycles. The number of hydrogen-bond donors (Lipinski definition) is 2. The van der Waals surface area contributed by atoms with E-state index in [1.807, 2.05) is 49.4 Å². The van der Waals surface area contributed by atoms with E-state index in [9.17, 15) is 9.59 Å². The minimum Gasteiger partial charge on any atom is -0.344 e. The van der Waals surface area contributed by atoms with E-state index in [4.69, 9.17) is 0 Å². The molecule has 2 rings (SSSR count). The molecule has 1 atom stereocenters. The molecule has 2 aromatic rings. The first-order valence-corrected chi connectivity index (χ1v) is 9.61. The summed E-state index contributed by atoms with van der Waals surface area (Å²) in [7, 11) is 0. The van der Waals surface area contributed by atoms with Crippen molar-refractivity contribution in [2.45, 2.75) is 26.3 Å². The first kappa shape index (κ1) is 19.9. The number of carbonyl (C=O) groups excluding carboxylic acids is 2. The topological polar surface area (TPSA) is 58.2 Å². The van der Waals surface area contributed by atoms with Crippen LogP contribution in [-0.2, 0) is 16.0 Å². The summed E-state index contributed by atoms with van der Waals surface area (Å²) in [5.41, 5.74) is 3.33. The van der Waals surface area contributed by atoms with Crippen molar-refractivity contribution in [1.82, 2.24) is 10.6 Å². The highest BCUT2D eigenvalue weighted by atomic mass is 79.9. The highest BCUT2D eigenvalue weighted by Crippen LogP contribution is 2.15. The van der Waals surface area contributed by atoms with Crippen molar-refractivity contribution >= 4 is 33.8 Å². The number of alkyl halides is 1. The molecule has 0 aliphatic heterocycles. The number of carbonyl (C=O) groups is 2. The van der Waals surface area contributed by atoms with Gasteiger partial charge in [0, 0.05) is 12.3 Å². The van der Waals surface area contributed by atoms with Crippen LogP contribution in [0, 0.1) is 0 Å². The summed E-state index contributed by atoms with van der Waals surface area (Å²) < 4.78 is 0. The molecule has 2 aromatic carbocycles. The second-order valence-electron chi connectivity index (χ2n) is 6.03. The minimum absolute atomic E-state index is 0.173. The summed E-state index contributed by atoms with van der Waals surface area (Å²) in [5.74, 6) is -0.602. The quantitative estimate of drug-likeness (QED) is 0.531. The van der Waals surface area contributed by atoms with E-state index >= 15 is 0 Å². The Morgan fingerprint density at radius 1 is 1.08 bits per heavy atom. The minimum atomic E-state index is -0.318. The van der Waals surface area contributed by atoms with Crippen molar-refractivity contribution in [3.05, 3.63) is 77.0 Å². The van der Waals surface area contributed by atoms with E-state index in [2.05, 4.69) is 38.7 Å². The van der Waals surface area contributed by atoms with E-state index in [1.54, 1.807) is 6.08 Å². The monoisotopic (exact) mass is 414 g/mol.